The Labute approximate surface area is 115 Å². The van der Waals surface area contributed by atoms with Crippen LogP contribution in [0.15, 0.2) is 39.5 Å². The molecule has 96 valence electrons. The molecule has 0 amide bonds. The van der Waals surface area contributed by atoms with Crippen molar-refractivity contribution < 1.29 is 4.42 Å². The van der Waals surface area contributed by atoms with Crippen LogP contribution >= 0.6 is 15.9 Å². The Morgan fingerprint density at radius 3 is 3.06 bits per heavy atom. The number of nitrogens with one attached hydrogen (secondary N) is 1. The number of nitrogens with two attached hydrogens (primary N) is 1. The maximum Gasteiger partial charge on any atom is 0.149 e. The molecule has 0 aromatic carbocycles. The second kappa shape index (κ2) is 5.91. The normalized spacial score (nSPS) is 12.3. The van der Waals surface area contributed by atoms with E-state index in [0.29, 0.717) is 5.69 Å². The van der Waals surface area contributed by atoms with Gasteiger partial charge in [-0.25, -0.2) is 4.98 Å². The summed E-state index contributed by atoms with van der Waals surface area (Å²) in [5.74, 6) is 1.73. The highest BCUT2D eigenvalue weighted by molar-refractivity contribution is 9.10. The first-order valence-corrected chi connectivity index (χ1v) is 6.64. The lowest BCUT2D eigenvalue weighted by Crippen LogP contribution is -2.17. The van der Waals surface area contributed by atoms with E-state index in [9.17, 15) is 0 Å². The Morgan fingerprint density at radius 1 is 1.56 bits per heavy atom. The third-order valence-electron chi connectivity index (χ3n) is 2.67. The zero-order valence-electron chi connectivity index (χ0n) is 10.2. The highest BCUT2D eigenvalue weighted by atomic mass is 79.9. The third kappa shape index (κ3) is 3.50. The SMILES string of the molecule is CC(CCc1ccco1)Nc1ncc(Br)cc1N. The molecule has 2 heterocycles. The molecule has 4 nitrogen and oxygen atoms in total. The molecule has 0 radical (unpaired) electrons. The molecular formula is C13H16BrN3O. The van der Waals surface area contributed by atoms with Gasteiger partial charge in [-0.1, -0.05) is 0 Å². The van der Waals surface area contributed by atoms with Gasteiger partial charge < -0.3 is 15.5 Å². The zero-order valence-corrected chi connectivity index (χ0v) is 11.8. The van der Waals surface area contributed by atoms with E-state index in [-0.39, 0.29) is 6.04 Å². The summed E-state index contributed by atoms with van der Waals surface area (Å²) < 4.78 is 6.18. The molecule has 0 bridgehead atoms. The minimum absolute atomic E-state index is 0.283. The van der Waals surface area contributed by atoms with Gasteiger partial charge in [-0.3, -0.25) is 0 Å². The van der Waals surface area contributed by atoms with Crippen molar-refractivity contribution in [2.75, 3.05) is 11.1 Å². The Morgan fingerprint density at radius 2 is 2.39 bits per heavy atom. The van der Waals surface area contributed by atoms with Gasteiger partial charge in [0.1, 0.15) is 11.6 Å². The van der Waals surface area contributed by atoms with Crippen molar-refractivity contribution in [3.8, 4) is 0 Å². The van der Waals surface area contributed by atoms with Gasteiger partial charge in [0, 0.05) is 23.1 Å². The summed E-state index contributed by atoms with van der Waals surface area (Å²) in [6.07, 6.45) is 5.29. The van der Waals surface area contributed by atoms with Crippen molar-refractivity contribution in [2.24, 2.45) is 0 Å². The van der Waals surface area contributed by atoms with E-state index < -0.39 is 0 Å². The van der Waals surface area contributed by atoms with Crippen molar-refractivity contribution >= 4 is 27.4 Å². The van der Waals surface area contributed by atoms with Gasteiger partial charge in [0.15, 0.2) is 0 Å². The number of nitrogen functional groups attached to an aromatic ring is 1. The van der Waals surface area contributed by atoms with E-state index in [1.165, 1.54) is 0 Å². The Hall–Kier alpha value is -1.49. The van der Waals surface area contributed by atoms with Crippen LogP contribution in [0.25, 0.3) is 0 Å². The van der Waals surface area contributed by atoms with Gasteiger partial charge >= 0.3 is 0 Å². The molecule has 1 unspecified atom stereocenters. The Balaban J connectivity index is 1.88. The first-order valence-electron chi connectivity index (χ1n) is 5.85. The molecule has 0 spiro atoms. The summed E-state index contributed by atoms with van der Waals surface area (Å²) in [6.45, 7) is 2.10. The molecule has 2 aromatic rings. The molecule has 2 rings (SSSR count). The monoisotopic (exact) mass is 309 g/mol. The summed E-state index contributed by atoms with van der Waals surface area (Å²) in [7, 11) is 0. The molecule has 18 heavy (non-hydrogen) atoms. The summed E-state index contributed by atoms with van der Waals surface area (Å²) >= 11 is 3.34. The van der Waals surface area contributed by atoms with Crippen LogP contribution in [0.5, 0.6) is 0 Å². The second-order valence-electron chi connectivity index (χ2n) is 4.25. The van der Waals surface area contributed by atoms with E-state index >= 15 is 0 Å². The lowest BCUT2D eigenvalue weighted by Gasteiger charge is -2.15. The second-order valence-corrected chi connectivity index (χ2v) is 5.17. The van der Waals surface area contributed by atoms with Gasteiger partial charge in [0.05, 0.1) is 12.0 Å². The van der Waals surface area contributed by atoms with Crippen LogP contribution < -0.4 is 11.1 Å². The fraction of sp³-hybridized carbons (Fsp3) is 0.308. The van der Waals surface area contributed by atoms with Crippen molar-refractivity contribution in [3.05, 3.63) is 40.9 Å². The number of nitrogens with zero attached hydrogens (tertiary/aromatic N) is 1. The van der Waals surface area contributed by atoms with Crippen LogP contribution in [0, 0.1) is 0 Å². The summed E-state index contributed by atoms with van der Waals surface area (Å²) in [5.41, 5.74) is 6.53. The average molecular weight is 310 g/mol. The van der Waals surface area contributed by atoms with E-state index in [0.717, 1.165) is 28.9 Å². The molecule has 2 aromatic heterocycles. The van der Waals surface area contributed by atoms with Crippen LogP contribution in [0.2, 0.25) is 0 Å². The highest BCUT2D eigenvalue weighted by Crippen LogP contribution is 2.21. The van der Waals surface area contributed by atoms with Crippen molar-refractivity contribution in [1.29, 1.82) is 0 Å². The van der Waals surface area contributed by atoms with Gasteiger partial charge in [-0.15, -0.1) is 0 Å². The minimum atomic E-state index is 0.283. The molecule has 0 fully saturated rings. The first kappa shape index (κ1) is 13.0. The van der Waals surface area contributed by atoms with Crippen molar-refractivity contribution in [3.63, 3.8) is 0 Å². The molecule has 0 saturated heterocycles. The lowest BCUT2D eigenvalue weighted by molar-refractivity contribution is 0.495. The van der Waals surface area contributed by atoms with E-state index in [1.807, 2.05) is 18.2 Å². The molecule has 5 heteroatoms. The third-order valence-corrected chi connectivity index (χ3v) is 3.10. The number of halogens is 1. The van der Waals surface area contributed by atoms with E-state index in [2.05, 4.69) is 33.2 Å². The van der Waals surface area contributed by atoms with Crippen LogP contribution in [-0.2, 0) is 6.42 Å². The number of furan rings is 1. The Kier molecular flexibility index (Phi) is 4.25. The number of aryl methyl sites for hydroxylation is 1. The number of anilines is 2. The zero-order chi connectivity index (χ0) is 13.0. The summed E-state index contributed by atoms with van der Waals surface area (Å²) in [4.78, 5) is 4.26. The molecule has 3 N–H and O–H groups in total. The van der Waals surface area contributed by atoms with Crippen LogP contribution in [0.4, 0.5) is 11.5 Å². The standard InChI is InChI=1S/C13H16BrN3O/c1-9(4-5-11-3-2-6-18-11)17-13-12(15)7-10(14)8-16-13/h2-3,6-9H,4-5,15H2,1H3,(H,16,17). The molecule has 0 saturated carbocycles. The minimum Gasteiger partial charge on any atom is -0.469 e. The van der Waals surface area contributed by atoms with Gasteiger partial charge in [0.25, 0.3) is 0 Å². The van der Waals surface area contributed by atoms with Crippen LogP contribution in [0.3, 0.4) is 0 Å². The number of hydrogen-bond donors (Lipinski definition) is 2. The molecule has 0 aliphatic rings. The maximum atomic E-state index is 5.89. The Bertz CT molecular complexity index is 499. The smallest absolute Gasteiger partial charge is 0.149 e. The lowest BCUT2D eigenvalue weighted by atomic mass is 10.1. The predicted octanol–water partition coefficient (Wildman–Crippen LogP) is 3.45. The van der Waals surface area contributed by atoms with Gasteiger partial charge in [-0.05, 0) is 47.5 Å². The summed E-state index contributed by atoms with van der Waals surface area (Å²) in [5, 5.41) is 3.30. The fourth-order valence-electron chi connectivity index (χ4n) is 1.69. The van der Waals surface area contributed by atoms with E-state index in [4.69, 9.17) is 10.2 Å². The highest BCUT2D eigenvalue weighted by Gasteiger charge is 2.07. The summed E-state index contributed by atoms with van der Waals surface area (Å²) in [6, 6.07) is 6.01. The predicted molar refractivity (Wildman–Crippen MR) is 76.5 cm³/mol. The fourth-order valence-corrected chi connectivity index (χ4v) is 2.04. The molecular weight excluding hydrogens is 294 g/mol. The number of rotatable bonds is 5. The van der Waals surface area contributed by atoms with Crippen LogP contribution in [-0.4, -0.2) is 11.0 Å². The van der Waals surface area contributed by atoms with Gasteiger partial charge in [-0.2, -0.15) is 0 Å². The molecule has 0 aliphatic carbocycles. The molecule has 1 atom stereocenters. The maximum absolute atomic E-state index is 5.89. The van der Waals surface area contributed by atoms with E-state index in [1.54, 1.807) is 12.5 Å². The largest absolute Gasteiger partial charge is 0.469 e. The van der Waals surface area contributed by atoms with Crippen molar-refractivity contribution in [1.82, 2.24) is 4.98 Å². The van der Waals surface area contributed by atoms with Crippen molar-refractivity contribution in [2.45, 2.75) is 25.8 Å². The molecule has 0 aliphatic heterocycles. The number of hydrogen-bond acceptors (Lipinski definition) is 4. The van der Waals surface area contributed by atoms with Gasteiger partial charge in [0.2, 0.25) is 0 Å². The van der Waals surface area contributed by atoms with Crippen LogP contribution in [0.1, 0.15) is 19.1 Å². The quantitative estimate of drug-likeness (QED) is 0.888. The number of aromatic nitrogens is 1. The first-order chi connectivity index (χ1) is 8.65. The average Bonchev–Trinajstić information content (AvgIpc) is 2.83. The number of pyridine rings is 1. The topological polar surface area (TPSA) is 64.1 Å².